The minimum Gasteiger partial charge on any atom is -0.399 e. The summed E-state index contributed by atoms with van der Waals surface area (Å²) >= 11 is 0. The Hall–Kier alpha value is -2.74. The number of aryl methyl sites for hydroxylation is 6. The second-order valence-corrected chi connectivity index (χ2v) is 8.13. The standard InChI is InChI=1S/C26H30BN/c1-17-13-19(3)25(20(4)14-17)27(12-11-23-7-9-24(28)10-8-23)26-21(5)15-18(2)16-22(26)6/h7-16H,28H2,1-6H3/b12-11+. The molecule has 0 spiro atoms. The zero-order valence-electron chi connectivity index (χ0n) is 17.9. The Morgan fingerprint density at radius 3 is 1.43 bits per heavy atom. The van der Waals surface area contributed by atoms with Gasteiger partial charge >= 0.3 is 0 Å². The molecule has 0 saturated heterocycles. The van der Waals surface area contributed by atoms with E-state index in [4.69, 9.17) is 5.73 Å². The van der Waals surface area contributed by atoms with Crippen LogP contribution in [0.1, 0.15) is 38.9 Å². The minimum absolute atomic E-state index is 0.221. The Morgan fingerprint density at radius 1 is 0.643 bits per heavy atom. The van der Waals surface area contributed by atoms with Gasteiger partial charge < -0.3 is 5.73 Å². The average Bonchev–Trinajstić information content (AvgIpc) is 2.58. The van der Waals surface area contributed by atoms with Crippen LogP contribution in [-0.4, -0.2) is 6.71 Å². The van der Waals surface area contributed by atoms with Gasteiger partial charge in [0.2, 0.25) is 6.71 Å². The topological polar surface area (TPSA) is 26.0 Å². The Morgan fingerprint density at radius 2 is 1.04 bits per heavy atom. The first kappa shape index (κ1) is 20.0. The van der Waals surface area contributed by atoms with Crippen molar-refractivity contribution in [3.63, 3.8) is 0 Å². The van der Waals surface area contributed by atoms with Crippen molar-refractivity contribution < 1.29 is 0 Å². The van der Waals surface area contributed by atoms with Crippen LogP contribution in [0, 0.1) is 41.5 Å². The lowest BCUT2D eigenvalue weighted by Gasteiger charge is -2.22. The maximum atomic E-state index is 5.85. The van der Waals surface area contributed by atoms with Crippen LogP contribution >= 0.6 is 0 Å². The largest absolute Gasteiger partial charge is 0.399 e. The molecule has 142 valence electrons. The van der Waals surface area contributed by atoms with E-state index < -0.39 is 0 Å². The van der Waals surface area contributed by atoms with Crippen molar-refractivity contribution in [1.29, 1.82) is 0 Å². The van der Waals surface area contributed by atoms with Gasteiger partial charge in [0.25, 0.3) is 0 Å². The van der Waals surface area contributed by atoms with Crippen LogP contribution in [0.25, 0.3) is 6.08 Å². The highest BCUT2D eigenvalue weighted by molar-refractivity contribution is 6.90. The number of rotatable bonds is 4. The van der Waals surface area contributed by atoms with E-state index in [0.29, 0.717) is 0 Å². The third-order valence-corrected chi connectivity index (χ3v) is 5.52. The summed E-state index contributed by atoms with van der Waals surface area (Å²) in [5.74, 6) is 2.35. The SMILES string of the molecule is Cc1cc(C)c(B(/C=C/c2ccc(N)cc2)c2c(C)cc(C)cc2C)c(C)c1. The van der Waals surface area contributed by atoms with E-state index in [1.165, 1.54) is 49.9 Å². The molecule has 0 aliphatic heterocycles. The maximum Gasteiger partial charge on any atom is 0.235 e. The Labute approximate surface area is 170 Å². The molecule has 0 aliphatic carbocycles. The first-order valence-electron chi connectivity index (χ1n) is 9.95. The molecular formula is C26H30BN. The fourth-order valence-electron chi connectivity index (χ4n) is 4.51. The minimum atomic E-state index is 0.221. The maximum absolute atomic E-state index is 5.85. The number of nitrogen functional groups attached to an aromatic ring is 1. The van der Waals surface area contributed by atoms with E-state index in [0.717, 1.165) is 5.69 Å². The van der Waals surface area contributed by atoms with Crippen LogP contribution in [-0.2, 0) is 0 Å². The molecule has 0 bridgehead atoms. The predicted octanol–water partition coefficient (Wildman–Crippen LogP) is 4.98. The summed E-state index contributed by atoms with van der Waals surface area (Å²) in [5.41, 5.74) is 18.7. The van der Waals surface area contributed by atoms with Gasteiger partial charge in [-0.1, -0.05) is 86.8 Å². The zero-order chi connectivity index (χ0) is 20.4. The summed E-state index contributed by atoms with van der Waals surface area (Å²) < 4.78 is 0. The molecule has 0 unspecified atom stereocenters. The highest BCUT2D eigenvalue weighted by Crippen LogP contribution is 2.14. The Bertz CT molecular complexity index is 925. The van der Waals surface area contributed by atoms with E-state index in [1.54, 1.807) is 0 Å². The fourth-order valence-corrected chi connectivity index (χ4v) is 4.51. The van der Waals surface area contributed by atoms with E-state index in [-0.39, 0.29) is 6.71 Å². The van der Waals surface area contributed by atoms with Crippen molar-refractivity contribution in [3.8, 4) is 0 Å². The highest BCUT2D eigenvalue weighted by atomic mass is 14.5. The fraction of sp³-hybridized carbons (Fsp3) is 0.231. The van der Waals surface area contributed by atoms with Crippen molar-refractivity contribution >= 4 is 29.4 Å². The molecule has 3 rings (SSSR count). The molecule has 0 amide bonds. The second kappa shape index (κ2) is 8.10. The number of hydrogen-bond donors (Lipinski definition) is 1. The van der Waals surface area contributed by atoms with Crippen molar-refractivity contribution in [3.05, 3.63) is 93.5 Å². The van der Waals surface area contributed by atoms with E-state index >= 15 is 0 Å². The van der Waals surface area contributed by atoms with Crippen molar-refractivity contribution in [2.45, 2.75) is 41.5 Å². The second-order valence-electron chi connectivity index (χ2n) is 8.13. The van der Waals surface area contributed by atoms with Gasteiger partial charge in [-0.15, -0.1) is 5.98 Å². The molecule has 1 nitrogen and oxygen atoms in total. The average molecular weight is 367 g/mol. The Balaban J connectivity index is 2.19. The zero-order valence-corrected chi connectivity index (χ0v) is 17.9. The van der Waals surface area contributed by atoms with E-state index in [1.807, 2.05) is 12.1 Å². The Kier molecular flexibility index (Phi) is 5.79. The molecule has 3 aromatic carbocycles. The molecule has 2 heteroatoms. The first-order valence-corrected chi connectivity index (χ1v) is 9.95. The molecule has 2 N–H and O–H groups in total. The quantitative estimate of drug-likeness (QED) is 0.511. The van der Waals surface area contributed by atoms with Crippen LogP contribution < -0.4 is 16.7 Å². The molecule has 0 aliphatic rings. The van der Waals surface area contributed by atoms with Gasteiger partial charge in [-0.25, -0.2) is 0 Å². The van der Waals surface area contributed by atoms with Crippen LogP contribution in [0.5, 0.6) is 0 Å². The number of anilines is 1. The van der Waals surface area contributed by atoms with Crippen molar-refractivity contribution in [1.82, 2.24) is 0 Å². The molecule has 3 aromatic rings. The van der Waals surface area contributed by atoms with Crippen molar-refractivity contribution in [2.24, 2.45) is 0 Å². The molecule has 0 saturated carbocycles. The third kappa shape index (κ3) is 4.22. The van der Waals surface area contributed by atoms with Crippen LogP contribution in [0.2, 0.25) is 0 Å². The number of nitrogens with two attached hydrogens (primary N) is 1. The lowest BCUT2D eigenvalue weighted by Crippen LogP contribution is -2.46. The van der Waals surface area contributed by atoms with Gasteiger partial charge in [0.05, 0.1) is 0 Å². The van der Waals surface area contributed by atoms with Gasteiger partial charge in [-0.05, 0) is 59.2 Å². The first-order chi connectivity index (χ1) is 13.3. The summed E-state index contributed by atoms with van der Waals surface area (Å²) in [7, 11) is 0. The summed E-state index contributed by atoms with van der Waals surface area (Å²) in [6.07, 6.45) is 2.22. The summed E-state index contributed by atoms with van der Waals surface area (Å²) in [5, 5.41) is 0. The summed E-state index contributed by atoms with van der Waals surface area (Å²) in [6.45, 7) is 13.5. The predicted molar refractivity (Wildman–Crippen MR) is 126 cm³/mol. The lowest BCUT2D eigenvalue weighted by molar-refractivity contribution is 1.34. The van der Waals surface area contributed by atoms with Crippen LogP contribution in [0.4, 0.5) is 5.69 Å². The summed E-state index contributed by atoms with van der Waals surface area (Å²) in [6, 6.07) is 17.3. The van der Waals surface area contributed by atoms with Crippen LogP contribution in [0.15, 0.2) is 54.5 Å². The van der Waals surface area contributed by atoms with Crippen molar-refractivity contribution in [2.75, 3.05) is 5.73 Å². The molecular weight excluding hydrogens is 337 g/mol. The molecule has 0 heterocycles. The highest BCUT2D eigenvalue weighted by Gasteiger charge is 2.24. The molecule has 28 heavy (non-hydrogen) atoms. The smallest absolute Gasteiger partial charge is 0.235 e. The number of hydrogen-bond acceptors (Lipinski definition) is 1. The molecule has 0 fully saturated rings. The molecule has 0 atom stereocenters. The lowest BCUT2D eigenvalue weighted by atomic mass is 9.37. The third-order valence-electron chi connectivity index (χ3n) is 5.52. The van der Waals surface area contributed by atoms with Gasteiger partial charge in [-0.2, -0.15) is 0 Å². The number of benzene rings is 3. The molecule has 0 radical (unpaired) electrons. The van der Waals surface area contributed by atoms with Gasteiger partial charge in [0, 0.05) is 5.69 Å². The van der Waals surface area contributed by atoms with Gasteiger partial charge in [0.15, 0.2) is 0 Å². The van der Waals surface area contributed by atoms with Gasteiger partial charge in [-0.3, -0.25) is 0 Å². The normalized spacial score (nSPS) is 11.2. The van der Waals surface area contributed by atoms with Crippen LogP contribution in [0.3, 0.4) is 0 Å². The molecule has 0 aromatic heterocycles. The van der Waals surface area contributed by atoms with E-state index in [9.17, 15) is 0 Å². The summed E-state index contributed by atoms with van der Waals surface area (Å²) in [4.78, 5) is 0. The monoisotopic (exact) mass is 367 g/mol. The van der Waals surface area contributed by atoms with Gasteiger partial charge in [0.1, 0.15) is 0 Å². The van der Waals surface area contributed by atoms with E-state index in [2.05, 4.69) is 90.0 Å².